The number of pyridine rings is 1. The molecule has 1 fully saturated rings. The molecule has 13 heteroatoms. The molecule has 4 heterocycles. The molecule has 1 aliphatic carbocycles. The monoisotopic (exact) mass is 502 g/mol. The number of carbonyl (C=O) groups is 1. The first-order chi connectivity index (χ1) is 16.9. The zero-order chi connectivity index (χ0) is 24.5. The number of amides is 1. The van der Waals surface area contributed by atoms with Crippen LogP contribution >= 0.6 is 11.3 Å². The maximum Gasteiger partial charge on any atom is 0.297 e. The number of aromatic nitrogens is 7. The van der Waals surface area contributed by atoms with Crippen LogP contribution in [-0.2, 0) is 0 Å². The molecule has 0 aromatic carbocycles. The molecule has 2 atom stereocenters. The van der Waals surface area contributed by atoms with Gasteiger partial charge in [0.2, 0.25) is 0 Å². The van der Waals surface area contributed by atoms with Gasteiger partial charge in [-0.3, -0.25) is 9.36 Å². The molecule has 0 spiro atoms. The molecule has 35 heavy (non-hydrogen) atoms. The summed E-state index contributed by atoms with van der Waals surface area (Å²) in [6.07, 6.45) is 6.32. The smallest absolute Gasteiger partial charge is 0.297 e. The van der Waals surface area contributed by atoms with Crippen molar-refractivity contribution in [1.29, 1.82) is 0 Å². The molecule has 0 radical (unpaired) electrons. The highest BCUT2D eigenvalue weighted by molar-refractivity contribution is 7.13. The van der Waals surface area contributed by atoms with Crippen molar-refractivity contribution in [1.82, 2.24) is 39.8 Å². The Morgan fingerprint density at radius 1 is 1.20 bits per heavy atom. The first kappa shape index (κ1) is 23.3. The van der Waals surface area contributed by atoms with E-state index in [1.54, 1.807) is 18.6 Å². The molecule has 1 N–H and O–H groups in total. The van der Waals surface area contributed by atoms with Crippen LogP contribution in [0.4, 0.5) is 8.78 Å². The van der Waals surface area contributed by atoms with Crippen LogP contribution in [0.2, 0.25) is 0 Å². The number of halogens is 2. The quantitative estimate of drug-likeness (QED) is 0.405. The average molecular weight is 503 g/mol. The summed E-state index contributed by atoms with van der Waals surface area (Å²) in [5.74, 6) is 0.122. The van der Waals surface area contributed by atoms with Crippen molar-refractivity contribution >= 4 is 28.3 Å². The van der Waals surface area contributed by atoms with Crippen molar-refractivity contribution in [2.45, 2.75) is 64.1 Å². The Balaban J connectivity index is 1.42. The summed E-state index contributed by atoms with van der Waals surface area (Å²) in [4.78, 5) is 26.8. The molecule has 10 nitrogen and oxygen atoms in total. The van der Waals surface area contributed by atoms with Gasteiger partial charge >= 0.3 is 0 Å². The topological polar surface area (TPSA) is 113 Å². The van der Waals surface area contributed by atoms with Crippen molar-refractivity contribution < 1.29 is 18.3 Å². The van der Waals surface area contributed by atoms with E-state index in [2.05, 4.69) is 35.0 Å². The second-order valence-corrected chi connectivity index (χ2v) is 9.70. The summed E-state index contributed by atoms with van der Waals surface area (Å²) in [7, 11) is 0. The fourth-order valence-corrected chi connectivity index (χ4v) is 5.00. The summed E-state index contributed by atoms with van der Waals surface area (Å²) in [5.41, 5.74) is 1.52. The van der Waals surface area contributed by atoms with Crippen LogP contribution in [0.1, 0.15) is 66.7 Å². The van der Waals surface area contributed by atoms with Gasteiger partial charge < -0.3 is 10.1 Å². The lowest BCUT2D eigenvalue weighted by Gasteiger charge is -2.31. The Labute approximate surface area is 203 Å². The number of alkyl halides is 2. The van der Waals surface area contributed by atoms with Gasteiger partial charge in [-0.25, -0.2) is 18.7 Å². The summed E-state index contributed by atoms with van der Waals surface area (Å²) >= 11 is 0.718. The highest BCUT2D eigenvalue weighted by atomic mass is 32.1. The van der Waals surface area contributed by atoms with Crippen LogP contribution in [0.3, 0.4) is 0 Å². The number of hydrogen-bond donors (Lipinski definition) is 1. The zero-order valence-corrected chi connectivity index (χ0v) is 20.0. The lowest BCUT2D eigenvalue weighted by atomic mass is 9.90. The van der Waals surface area contributed by atoms with Crippen LogP contribution in [0.25, 0.3) is 16.9 Å². The fraction of sp³-hybridized carbons (Fsp3) is 0.455. The van der Waals surface area contributed by atoms with Gasteiger partial charge in [-0.15, -0.1) is 16.1 Å². The van der Waals surface area contributed by atoms with E-state index in [0.717, 1.165) is 42.3 Å². The van der Waals surface area contributed by atoms with Crippen molar-refractivity contribution in [2.75, 3.05) is 0 Å². The van der Waals surface area contributed by atoms with Crippen LogP contribution in [0, 0.1) is 0 Å². The van der Waals surface area contributed by atoms with Crippen molar-refractivity contribution in [3.05, 3.63) is 40.7 Å². The lowest BCUT2D eigenvalue weighted by molar-refractivity contribution is 0.0919. The van der Waals surface area contributed by atoms with Gasteiger partial charge in [0, 0.05) is 24.3 Å². The van der Waals surface area contributed by atoms with Gasteiger partial charge in [-0.1, -0.05) is 0 Å². The molecule has 0 saturated heterocycles. The molecule has 184 valence electrons. The van der Waals surface area contributed by atoms with E-state index in [-0.39, 0.29) is 28.1 Å². The molecule has 1 aliphatic rings. The summed E-state index contributed by atoms with van der Waals surface area (Å²) in [6.45, 7) is 3.87. The van der Waals surface area contributed by atoms with E-state index in [0.29, 0.717) is 23.8 Å². The number of rotatable bonds is 7. The second-order valence-electron chi connectivity index (χ2n) is 8.64. The zero-order valence-electron chi connectivity index (χ0n) is 19.1. The third-order valence-electron chi connectivity index (χ3n) is 5.77. The Kier molecular flexibility index (Phi) is 6.41. The molecule has 0 unspecified atom stereocenters. The SMILES string of the molecule is CC(C)Oc1nc2cnc(-n3nccn3)cc2n1[C@@H]1CCC[C@H](NC(=O)c2ncc(C(F)F)s2)C1. The first-order valence-corrected chi connectivity index (χ1v) is 12.2. The van der Waals surface area contributed by atoms with Crippen molar-refractivity contribution in [3.8, 4) is 11.8 Å². The summed E-state index contributed by atoms with van der Waals surface area (Å²) < 4.78 is 33.9. The predicted octanol–water partition coefficient (Wildman–Crippen LogP) is 4.11. The Bertz CT molecular complexity index is 1320. The standard InChI is InChI=1S/C22H24F2N8O2S/c1-12(2)34-22-30-15-10-25-18(32-27-6-7-28-32)9-16(15)31(22)14-5-3-4-13(8-14)29-20(33)21-26-11-17(35-21)19(23)24/h6-7,9-14,19H,3-5,8H2,1-2H3,(H,29,33)/t13-,14+/m0/s1. The van der Waals surface area contributed by atoms with Crippen LogP contribution in [0.5, 0.6) is 6.01 Å². The molecule has 0 bridgehead atoms. The number of nitrogens with one attached hydrogen (secondary N) is 1. The average Bonchev–Trinajstić information content (AvgIpc) is 3.57. The van der Waals surface area contributed by atoms with Gasteiger partial charge in [-0.2, -0.15) is 15.2 Å². The molecule has 4 aromatic rings. The number of nitrogens with zero attached hydrogens (tertiary/aromatic N) is 7. The fourth-order valence-electron chi connectivity index (χ4n) is 4.33. The number of thiazole rings is 1. The Morgan fingerprint density at radius 2 is 2.00 bits per heavy atom. The molecule has 1 saturated carbocycles. The molecule has 4 aromatic heterocycles. The van der Waals surface area contributed by atoms with Crippen molar-refractivity contribution in [3.63, 3.8) is 0 Å². The van der Waals surface area contributed by atoms with Crippen molar-refractivity contribution in [2.24, 2.45) is 0 Å². The highest BCUT2D eigenvalue weighted by Crippen LogP contribution is 2.36. The van der Waals surface area contributed by atoms with E-state index in [1.807, 2.05) is 19.9 Å². The summed E-state index contributed by atoms with van der Waals surface area (Å²) in [5, 5.41) is 11.3. The van der Waals surface area contributed by atoms with Gasteiger partial charge in [0.05, 0.1) is 35.1 Å². The lowest BCUT2D eigenvalue weighted by Crippen LogP contribution is -2.39. The second kappa shape index (κ2) is 9.64. The predicted molar refractivity (Wildman–Crippen MR) is 124 cm³/mol. The minimum atomic E-state index is -2.64. The third-order valence-corrected chi connectivity index (χ3v) is 6.78. The Morgan fingerprint density at radius 3 is 2.71 bits per heavy atom. The highest BCUT2D eigenvalue weighted by Gasteiger charge is 2.30. The van der Waals surface area contributed by atoms with E-state index in [9.17, 15) is 13.6 Å². The number of hydrogen-bond acceptors (Lipinski definition) is 8. The molecule has 5 rings (SSSR count). The third kappa shape index (κ3) is 4.85. The normalized spacial score (nSPS) is 18.5. The van der Waals surface area contributed by atoms with Crippen LogP contribution in [0.15, 0.2) is 30.9 Å². The molecular formula is C22H24F2N8O2S. The first-order valence-electron chi connectivity index (χ1n) is 11.3. The maximum absolute atomic E-state index is 12.9. The number of carbonyl (C=O) groups excluding carboxylic acids is 1. The minimum Gasteiger partial charge on any atom is -0.462 e. The van der Waals surface area contributed by atoms with E-state index >= 15 is 0 Å². The molecular weight excluding hydrogens is 478 g/mol. The van der Waals surface area contributed by atoms with Crippen LogP contribution in [-0.4, -0.2) is 52.6 Å². The minimum absolute atomic E-state index is 0.00144. The largest absolute Gasteiger partial charge is 0.462 e. The Hall–Kier alpha value is -3.48. The maximum atomic E-state index is 12.9. The number of fused-ring (bicyclic) bond motifs is 1. The van der Waals surface area contributed by atoms with Crippen LogP contribution < -0.4 is 10.1 Å². The van der Waals surface area contributed by atoms with Gasteiger partial charge in [-0.05, 0) is 39.5 Å². The molecule has 1 amide bonds. The van der Waals surface area contributed by atoms with E-state index < -0.39 is 12.3 Å². The van der Waals surface area contributed by atoms with Gasteiger partial charge in [0.1, 0.15) is 5.52 Å². The molecule has 0 aliphatic heterocycles. The van der Waals surface area contributed by atoms with Gasteiger partial charge in [0.15, 0.2) is 10.8 Å². The summed E-state index contributed by atoms with van der Waals surface area (Å²) in [6, 6.07) is 2.22. The van der Waals surface area contributed by atoms with E-state index in [1.165, 1.54) is 4.80 Å². The number of ether oxygens (including phenoxy) is 1. The number of imidazole rings is 1. The van der Waals surface area contributed by atoms with Gasteiger partial charge in [0.25, 0.3) is 18.3 Å². The van der Waals surface area contributed by atoms with E-state index in [4.69, 9.17) is 4.74 Å².